The van der Waals surface area contributed by atoms with Crippen LogP contribution >= 0.6 is 0 Å². The average molecular weight is 359 g/mol. The van der Waals surface area contributed by atoms with Crippen molar-refractivity contribution in [1.82, 2.24) is 9.80 Å². The molecular weight excluding hydrogens is 335 g/mol. The van der Waals surface area contributed by atoms with Crippen molar-refractivity contribution in [2.75, 3.05) is 44.6 Å². The molecule has 1 heterocycles. The van der Waals surface area contributed by atoms with E-state index in [2.05, 4.69) is 5.32 Å². The lowest BCUT2D eigenvalue weighted by Crippen LogP contribution is -2.54. The summed E-state index contributed by atoms with van der Waals surface area (Å²) in [7, 11) is 0. The fraction of sp³-hybridized carbons (Fsp3) is 0.588. The average Bonchev–Trinajstić information content (AvgIpc) is 2.55. The largest absolute Gasteiger partial charge is 0.492 e. The van der Waals surface area contributed by atoms with Crippen LogP contribution in [0.3, 0.4) is 0 Å². The number of alkyl halides is 3. The lowest BCUT2D eigenvalue weighted by Gasteiger charge is -2.37. The minimum atomic E-state index is -4.19. The molecule has 0 bridgehead atoms. The molecule has 0 radical (unpaired) electrons. The van der Waals surface area contributed by atoms with Gasteiger partial charge in [-0.15, -0.1) is 0 Å². The van der Waals surface area contributed by atoms with Crippen molar-refractivity contribution < 1.29 is 22.7 Å². The molecule has 1 fully saturated rings. The first-order valence-electron chi connectivity index (χ1n) is 8.36. The number of benzene rings is 1. The molecule has 1 amide bonds. The van der Waals surface area contributed by atoms with Crippen LogP contribution < -0.4 is 10.1 Å². The van der Waals surface area contributed by atoms with Crippen LogP contribution in [0.25, 0.3) is 0 Å². The van der Waals surface area contributed by atoms with Gasteiger partial charge >= 0.3 is 6.18 Å². The third kappa shape index (κ3) is 5.89. The molecule has 2 rings (SSSR count). The summed E-state index contributed by atoms with van der Waals surface area (Å²) in [5.41, 5.74) is 0.594. The zero-order valence-corrected chi connectivity index (χ0v) is 14.5. The fourth-order valence-electron chi connectivity index (χ4n) is 2.82. The van der Waals surface area contributed by atoms with Crippen molar-refractivity contribution in [2.24, 2.45) is 0 Å². The van der Waals surface area contributed by atoms with Crippen molar-refractivity contribution in [1.29, 1.82) is 0 Å². The molecule has 0 spiro atoms. The SMILES string of the molecule is CCOc1ccccc1NC(=O)C(C)N1CCN(CC(F)(F)F)CC1. The Bertz CT molecular complexity index is 573. The highest BCUT2D eigenvalue weighted by Crippen LogP contribution is 2.24. The summed E-state index contributed by atoms with van der Waals surface area (Å²) in [4.78, 5) is 15.7. The van der Waals surface area contributed by atoms with Gasteiger partial charge in [0, 0.05) is 26.2 Å². The van der Waals surface area contributed by atoms with E-state index in [4.69, 9.17) is 4.74 Å². The highest BCUT2D eigenvalue weighted by atomic mass is 19.4. The molecular formula is C17H24F3N3O2. The molecule has 0 saturated carbocycles. The molecule has 1 aliphatic heterocycles. The number of hydrogen-bond donors (Lipinski definition) is 1. The Labute approximate surface area is 145 Å². The first-order chi connectivity index (χ1) is 11.8. The molecule has 1 aliphatic rings. The number of para-hydroxylation sites is 2. The Morgan fingerprint density at radius 2 is 1.88 bits per heavy atom. The number of ether oxygens (including phenoxy) is 1. The van der Waals surface area contributed by atoms with Crippen LogP contribution in [0.15, 0.2) is 24.3 Å². The van der Waals surface area contributed by atoms with E-state index >= 15 is 0 Å². The van der Waals surface area contributed by atoms with Crippen LogP contribution in [0.1, 0.15) is 13.8 Å². The number of anilines is 1. The van der Waals surface area contributed by atoms with E-state index in [1.807, 2.05) is 17.9 Å². The summed E-state index contributed by atoms with van der Waals surface area (Å²) in [5.74, 6) is 0.400. The molecule has 25 heavy (non-hydrogen) atoms. The van der Waals surface area contributed by atoms with Crippen LogP contribution in [0, 0.1) is 0 Å². The summed E-state index contributed by atoms with van der Waals surface area (Å²) in [5, 5.41) is 2.84. The van der Waals surface area contributed by atoms with Crippen molar-refractivity contribution in [3.05, 3.63) is 24.3 Å². The molecule has 0 aromatic heterocycles. The smallest absolute Gasteiger partial charge is 0.401 e. The number of rotatable bonds is 6. The number of nitrogens with one attached hydrogen (secondary N) is 1. The summed E-state index contributed by atoms with van der Waals surface area (Å²) >= 11 is 0. The summed E-state index contributed by atoms with van der Waals surface area (Å²) in [6.07, 6.45) is -4.19. The third-order valence-corrected chi connectivity index (χ3v) is 4.18. The molecule has 8 heteroatoms. The summed E-state index contributed by atoms with van der Waals surface area (Å²) in [6, 6.07) is 6.74. The normalized spacial score (nSPS) is 18.0. The fourth-order valence-corrected chi connectivity index (χ4v) is 2.82. The van der Waals surface area contributed by atoms with Crippen molar-refractivity contribution >= 4 is 11.6 Å². The van der Waals surface area contributed by atoms with Gasteiger partial charge in [-0.1, -0.05) is 12.1 Å². The Morgan fingerprint density at radius 1 is 1.24 bits per heavy atom. The maximum atomic E-state index is 12.5. The van der Waals surface area contributed by atoms with Crippen LogP contribution in [-0.2, 0) is 4.79 Å². The highest BCUT2D eigenvalue weighted by molar-refractivity contribution is 5.95. The van der Waals surface area contributed by atoms with E-state index in [1.54, 1.807) is 25.1 Å². The predicted molar refractivity (Wildman–Crippen MR) is 89.8 cm³/mol. The van der Waals surface area contributed by atoms with E-state index < -0.39 is 18.8 Å². The van der Waals surface area contributed by atoms with E-state index in [1.165, 1.54) is 4.90 Å². The van der Waals surface area contributed by atoms with E-state index in [0.29, 0.717) is 44.2 Å². The zero-order chi connectivity index (χ0) is 18.4. The van der Waals surface area contributed by atoms with Crippen LogP contribution in [0.4, 0.5) is 18.9 Å². The van der Waals surface area contributed by atoms with E-state index in [-0.39, 0.29) is 5.91 Å². The quantitative estimate of drug-likeness (QED) is 0.848. The minimum Gasteiger partial charge on any atom is -0.492 e. The Morgan fingerprint density at radius 3 is 2.48 bits per heavy atom. The van der Waals surface area contributed by atoms with Crippen LogP contribution in [-0.4, -0.2) is 67.3 Å². The van der Waals surface area contributed by atoms with Gasteiger partial charge in [-0.2, -0.15) is 13.2 Å². The molecule has 1 unspecified atom stereocenters. The second-order valence-electron chi connectivity index (χ2n) is 6.02. The van der Waals surface area contributed by atoms with E-state index in [0.717, 1.165) is 0 Å². The number of hydrogen-bond acceptors (Lipinski definition) is 4. The summed E-state index contributed by atoms with van der Waals surface area (Å²) in [6.45, 7) is 4.67. The molecule has 1 atom stereocenters. The molecule has 0 aliphatic carbocycles. The van der Waals surface area contributed by atoms with E-state index in [9.17, 15) is 18.0 Å². The number of nitrogens with zero attached hydrogens (tertiary/aromatic N) is 2. The number of carbonyl (C=O) groups excluding carboxylic acids is 1. The molecule has 5 nitrogen and oxygen atoms in total. The molecule has 1 N–H and O–H groups in total. The molecule has 1 aromatic rings. The predicted octanol–water partition coefficient (Wildman–Crippen LogP) is 2.59. The Hall–Kier alpha value is -1.80. The highest BCUT2D eigenvalue weighted by Gasteiger charge is 2.33. The van der Waals surface area contributed by atoms with Gasteiger partial charge in [0.25, 0.3) is 0 Å². The Balaban J connectivity index is 1.89. The van der Waals surface area contributed by atoms with Crippen molar-refractivity contribution in [3.63, 3.8) is 0 Å². The second kappa shape index (κ2) is 8.53. The van der Waals surface area contributed by atoms with Crippen molar-refractivity contribution in [3.8, 4) is 5.75 Å². The standard InChI is InChI=1S/C17H24F3N3O2/c1-3-25-15-7-5-4-6-14(15)21-16(24)13(2)23-10-8-22(9-11-23)12-17(18,19)20/h4-7,13H,3,8-12H2,1-2H3,(H,21,24). The van der Waals surface area contributed by atoms with Gasteiger partial charge in [0.2, 0.25) is 5.91 Å². The molecule has 1 saturated heterocycles. The summed E-state index contributed by atoms with van der Waals surface area (Å²) < 4.78 is 42.8. The lowest BCUT2D eigenvalue weighted by molar-refractivity contribution is -0.150. The maximum Gasteiger partial charge on any atom is 0.401 e. The molecule has 1 aromatic carbocycles. The van der Waals surface area contributed by atoms with Crippen LogP contribution in [0.5, 0.6) is 5.75 Å². The first kappa shape index (κ1) is 19.5. The van der Waals surface area contributed by atoms with Crippen molar-refractivity contribution in [2.45, 2.75) is 26.1 Å². The third-order valence-electron chi connectivity index (χ3n) is 4.18. The lowest BCUT2D eigenvalue weighted by atomic mass is 10.2. The first-order valence-corrected chi connectivity index (χ1v) is 8.36. The Kier molecular flexibility index (Phi) is 6.66. The van der Waals surface area contributed by atoms with Gasteiger partial charge in [-0.3, -0.25) is 14.6 Å². The second-order valence-corrected chi connectivity index (χ2v) is 6.02. The molecule has 140 valence electrons. The maximum absolute atomic E-state index is 12.5. The number of carbonyl (C=O) groups is 1. The van der Waals surface area contributed by atoms with Gasteiger partial charge in [0.05, 0.1) is 24.9 Å². The van der Waals surface area contributed by atoms with Crippen LogP contribution in [0.2, 0.25) is 0 Å². The number of halogens is 3. The number of amides is 1. The zero-order valence-electron chi connectivity index (χ0n) is 14.5. The number of piperazine rings is 1. The minimum absolute atomic E-state index is 0.198. The van der Waals surface area contributed by atoms with Gasteiger partial charge in [-0.25, -0.2) is 0 Å². The van der Waals surface area contributed by atoms with Gasteiger partial charge in [-0.05, 0) is 26.0 Å². The van der Waals surface area contributed by atoms with Gasteiger partial charge in [0.15, 0.2) is 0 Å². The van der Waals surface area contributed by atoms with Gasteiger partial charge in [0.1, 0.15) is 5.75 Å². The topological polar surface area (TPSA) is 44.8 Å². The van der Waals surface area contributed by atoms with Gasteiger partial charge < -0.3 is 10.1 Å². The monoisotopic (exact) mass is 359 g/mol.